The molecule has 0 aliphatic carbocycles. The molecule has 5 heteroatoms. The average Bonchev–Trinajstić information content (AvgIpc) is 2.56. The minimum absolute atomic E-state index is 0.862. The summed E-state index contributed by atoms with van der Waals surface area (Å²) in [5.41, 5.74) is 1.30. The van der Waals surface area contributed by atoms with Crippen molar-refractivity contribution < 1.29 is 0 Å². The number of rotatable bonds is 3. The monoisotopic (exact) mass is 269 g/mol. The predicted molar refractivity (Wildman–Crippen MR) is 82.4 cm³/mol. The maximum atomic E-state index is 4.37. The molecule has 1 saturated heterocycles. The Morgan fingerprint density at radius 3 is 2.35 bits per heavy atom. The summed E-state index contributed by atoms with van der Waals surface area (Å²) in [6, 6.07) is 12.6. The number of anilines is 3. The van der Waals surface area contributed by atoms with E-state index in [1.165, 1.54) is 5.69 Å². The van der Waals surface area contributed by atoms with Crippen molar-refractivity contribution >= 4 is 17.3 Å². The van der Waals surface area contributed by atoms with Crippen molar-refractivity contribution in [2.75, 3.05) is 48.3 Å². The summed E-state index contributed by atoms with van der Waals surface area (Å²) in [6.45, 7) is 4.00. The topological polar surface area (TPSA) is 44.3 Å². The van der Waals surface area contributed by atoms with Gasteiger partial charge in [-0.05, 0) is 12.1 Å². The van der Waals surface area contributed by atoms with Gasteiger partial charge in [-0.3, -0.25) is 0 Å². The molecular formula is C15H19N5. The van der Waals surface area contributed by atoms with Gasteiger partial charge in [-0.2, -0.15) is 0 Å². The van der Waals surface area contributed by atoms with Crippen LogP contribution in [-0.4, -0.2) is 43.2 Å². The minimum atomic E-state index is 0.862. The Kier molecular flexibility index (Phi) is 3.67. The molecule has 1 N–H and O–H groups in total. The van der Waals surface area contributed by atoms with Crippen molar-refractivity contribution in [3.63, 3.8) is 0 Å². The second-order valence-electron chi connectivity index (χ2n) is 4.82. The lowest BCUT2D eigenvalue weighted by Crippen LogP contribution is -2.46. The van der Waals surface area contributed by atoms with Crippen LogP contribution in [0.2, 0.25) is 0 Å². The van der Waals surface area contributed by atoms with E-state index in [0.717, 1.165) is 37.8 Å². The molecular weight excluding hydrogens is 250 g/mol. The molecule has 2 heterocycles. The molecule has 1 aliphatic heterocycles. The molecule has 1 fully saturated rings. The average molecular weight is 269 g/mol. The fourth-order valence-corrected chi connectivity index (χ4v) is 2.49. The summed E-state index contributed by atoms with van der Waals surface area (Å²) < 4.78 is 0. The molecule has 0 radical (unpaired) electrons. The summed E-state index contributed by atoms with van der Waals surface area (Å²) in [5.74, 6) is 1.86. The van der Waals surface area contributed by atoms with Crippen molar-refractivity contribution in [2.45, 2.75) is 0 Å². The summed E-state index contributed by atoms with van der Waals surface area (Å²) in [4.78, 5) is 13.2. The first-order chi connectivity index (χ1) is 9.86. The van der Waals surface area contributed by atoms with Crippen LogP contribution in [0.4, 0.5) is 17.3 Å². The van der Waals surface area contributed by atoms with Crippen LogP contribution < -0.4 is 15.1 Å². The van der Waals surface area contributed by atoms with E-state index in [1.807, 2.05) is 13.1 Å². The molecule has 2 aromatic rings. The zero-order valence-corrected chi connectivity index (χ0v) is 11.7. The van der Waals surface area contributed by atoms with Gasteiger partial charge in [0.05, 0.1) is 0 Å². The molecule has 1 aromatic carbocycles. The number of nitrogens with one attached hydrogen (secondary N) is 1. The van der Waals surface area contributed by atoms with E-state index in [9.17, 15) is 0 Å². The third kappa shape index (κ3) is 2.66. The molecule has 0 unspecified atom stereocenters. The highest BCUT2D eigenvalue weighted by Crippen LogP contribution is 2.19. The second-order valence-corrected chi connectivity index (χ2v) is 4.82. The van der Waals surface area contributed by atoms with E-state index in [4.69, 9.17) is 0 Å². The third-order valence-corrected chi connectivity index (χ3v) is 3.63. The van der Waals surface area contributed by atoms with E-state index in [2.05, 4.69) is 55.4 Å². The fourth-order valence-electron chi connectivity index (χ4n) is 2.49. The van der Waals surface area contributed by atoms with Crippen molar-refractivity contribution in [3.8, 4) is 0 Å². The van der Waals surface area contributed by atoms with Gasteiger partial charge in [-0.1, -0.05) is 18.2 Å². The molecule has 0 saturated carbocycles. The molecule has 3 rings (SSSR count). The third-order valence-electron chi connectivity index (χ3n) is 3.63. The molecule has 0 bridgehead atoms. The molecule has 1 aromatic heterocycles. The Morgan fingerprint density at radius 1 is 0.950 bits per heavy atom. The van der Waals surface area contributed by atoms with Crippen LogP contribution in [0, 0.1) is 0 Å². The fraction of sp³-hybridized carbons (Fsp3) is 0.333. The Labute approximate surface area is 119 Å². The molecule has 20 heavy (non-hydrogen) atoms. The summed E-state index contributed by atoms with van der Waals surface area (Å²) in [5, 5.41) is 3.05. The Bertz CT molecular complexity index is 549. The van der Waals surface area contributed by atoms with E-state index in [-0.39, 0.29) is 0 Å². The van der Waals surface area contributed by atoms with Crippen molar-refractivity contribution in [2.24, 2.45) is 0 Å². The van der Waals surface area contributed by atoms with Gasteiger partial charge >= 0.3 is 0 Å². The molecule has 5 nitrogen and oxygen atoms in total. The molecule has 0 spiro atoms. The van der Waals surface area contributed by atoms with Crippen LogP contribution in [0.1, 0.15) is 0 Å². The first-order valence-electron chi connectivity index (χ1n) is 6.91. The van der Waals surface area contributed by atoms with Crippen LogP contribution >= 0.6 is 0 Å². The van der Waals surface area contributed by atoms with Crippen LogP contribution in [0.3, 0.4) is 0 Å². The van der Waals surface area contributed by atoms with E-state index < -0.39 is 0 Å². The lowest BCUT2D eigenvalue weighted by Gasteiger charge is -2.36. The first kappa shape index (κ1) is 12.7. The summed E-state index contributed by atoms with van der Waals surface area (Å²) in [6.07, 6.45) is 1.62. The Hall–Kier alpha value is -2.30. The van der Waals surface area contributed by atoms with Gasteiger partial charge in [-0.15, -0.1) is 0 Å². The predicted octanol–water partition coefficient (Wildman–Crippen LogP) is 1.84. The van der Waals surface area contributed by atoms with Gasteiger partial charge in [0.25, 0.3) is 0 Å². The molecule has 0 atom stereocenters. The van der Waals surface area contributed by atoms with Crippen LogP contribution in [-0.2, 0) is 0 Å². The minimum Gasteiger partial charge on any atom is -0.373 e. The lowest BCUT2D eigenvalue weighted by molar-refractivity contribution is 0.647. The van der Waals surface area contributed by atoms with Gasteiger partial charge in [0.2, 0.25) is 0 Å². The number of nitrogens with zero attached hydrogens (tertiary/aromatic N) is 4. The van der Waals surface area contributed by atoms with E-state index in [1.54, 1.807) is 6.33 Å². The van der Waals surface area contributed by atoms with Crippen LogP contribution in [0.25, 0.3) is 0 Å². The van der Waals surface area contributed by atoms with Gasteiger partial charge < -0.3 is 15.1 Å². The number of hydrogen-bond donors (Lipinski definition) is 1. The number of benzene rings is 1. The zero-order valence-electron chi connectivity index (χ0n) is 11.7. The lowest BCUT2D eigenvalue weighted by atomic mass is 10.2. The van der Waals surface area contributed by atoms with Crippen LogP contribution in [0.15, 0.2) is 42.7 Å². The number of piperazine rings is 1. The summed E-state index contributed by atoms with van der Waals surface area (Å²) in [7, 11) is 1.87. The Morgan fingerprint density at radius 2 is 1.65 bits per heavy atom. The molecule has 1 aliphatic rings. The number of para-hydroxylation sites is 1. The first-order valence-corrected chi connectivity index (χ1v) is 6.91. The number of hydrogen-bond acceptors (Lipinski definition) is 5. The van der Waals surface area contributed by atoms with Gasteiger partial charge in [0, 0.05) is 45.0 Å². The molecule has 104 valence electrons. The maximum Gasteiger partial charge on any atom is 0.134 e. The largest absolute Gasteiger partial charge is 0.373 e. The van der Waals surface area contributed by atoms with Gasteiger partial charge in [0.15, 0.2) is 0 Å². The van der Waals surface area contributed by atoms with Gasteiger partial charge in [0.1, 0.15) is 18.0 Å². The maximum absolute atomic E-state index is 4.37. The highest BCUT2D eigenvalue weighted by Gasteiger charge is 2.18. The molecule has 0 amide bonds. The zero-order chi connectivity index (χ0) is 13.8. The number of aromatic nitrogens is 2. The standard InChI is InChI=1S/C15H19N5/c1-16-14-11-15(18-12-17-14)20-9-7-19(8-10-20)13-5-3-2-4-6-13/h2-6,11-12H,7-10H2,1H3,(H,16,17,18). The van der Waals surface area contributed by atoms with E-state index >= 15 is 0 Å². The second kappa shape index (κ2) is 5.77. The quantitative estimate of drug-likeness (QED) is 0.921. The highest BCUT2D eigenvalue weighted by atomic mass is 15.3. The van der Waals surface area contributed by atoms with Crippen molar-refractivity contribution in [3.05, 3.63) is 42.7 Å². The highest BCUT2D eigenvalue weighted by molar-refractivity contribution is 5.51. The Balaban J connectivity index is 1.66. The normalized spacial score (nSPS) is 15.2. The van der Waals surface area contributed by atoms with Crippen molar-refractivity contribution in [1.82, 2.24) is 9.97 Å². The van der Waals surface area contributed by atoms with E-state index in [0.29, 0.717) is 0 Å². The smallest absolute Gasteiger partial charge is 0.134 e. The van der Waals surface area contributed by atoms with Gasteiger partial charge in [-0.25, -0.2) is 9.97 Å². The van der Waals surface area contributed by atoms with Crippen LogP contribution in [0.5, 0.6) is 0 Å². The van der Waals surface area contributed by atoms with Crippen molar-refractivity contribution in [1.29, 1.82) is 0 Å². The SMILES string of the molecule is CNc1cc(N2CCN(c3ccccc3)CC2)ncn1. The summed E-state index contributed by atoms with van der Waals surface area (Å²) >= 11 is 0.